The third kappa shape index (κ3) is 1.51. The second kappa shape index (κ2) is 4.30. The summed E-state index contributed by atoms with van der Waals surface area (Å²) in [6, 6.07) is 2.39. The third-order valence-electron chi connectivity index (χ3n) is 3.45. The highest BCUT2D eigenvalue weighted by molar-refractivity contribution is 6.31. The quantitative estimate of drug-likeness (QED) is 0.288. The molecule has 1 aliphatic carbocycles. The van der Waals surface area contributed by atoms with Crippen LogP contribution in [-0.4, -0.2) is 11.6 Å². The van der Waals surface area contributed by atoms with Gasteiger partial charge in [0.1, 0.15) is 0 Å². The van der Waals surface area contributed by atoms with Crippen molar-refractivity contribution < 1.29 is 27.2 Å². The number of fused-ring (bicyclic) bond motifs is 2. The van der Waals surface area contributed by atoms with E-state index in [0.29, 0.717) is 0 Å². The summed E-state index contributed by atoms with van der Waals surface area (Å²) in [5, 5.41) is 0. The molecule has 0 unspecified atom stereocenters. The number of anilines is 2. The van der Waals surface area contributed by atoms with Crippen LogP contribution in [0.25, 0.3) is 0 Å². The molecule has 0 amide bonds. The van der Waals surface area contributed by atoms with E-state index in [9.17, 15) is 27.2 Å². The van der Waals surface area contributed by atoms with Crippen LogP contribution >= 0.6 is 0 Å². The van der Waals surface area contributed by atoms with Gasteiger partial charge in [-0.15, -0.1) is 0 Å². The van der Waals surface area contributed by atoms with Crippen LogP contribution in [-0.2, 0) is 0 Å². The van der Waals surface area contributed by atoms with E-state index in [1.165, 1.54) is 12.1 Å². The minimum atomic E-state index is -2.18. The van der Waals surface area contributed by atoms with Crippen molar-refractivity contribution in [1.82, 2.24) is 0 Å². The summed E-state index contributed by atoms with van der Waals surface area (Å²) in [5.74, 6) is -10.7. The fraction of sp³-hybridized carbons (Fsp3) is 0. The molecular weight excluding hydrogens is 304 g/mol. The predicted octanol–water partition coefficient (Wildman–Crippen LogP) is 2.18. The molecule has 0 radical (unpaired) electrons. The lowest BCUT2D eigenvalue weighted by atomic mass is 9.81. The molecular formula is C14H6F4N2O2. The fourth-order valence-electron chi connectivity index (χ4n) is 2.43. The molecule has 22 heavy (non-hydrogen) atoms. The van der Waals surface area contributed by atoms with Gasteiger partial charge in [0, 0.05) is 11.4 Å². The lowest BCUT2D eigenvalue weighted by Gasteiger charge is -2.21. The van der Waals surface area contributed by atoms with Gasteiger partial charge in [-0.1, -0.05) is 0 Å². The van der Waals surface area contributed by atoms with Crippen LogP contribution in [0.1, 0.15) is 31.8 Å². The summed E-state index contributed by atoms with van der Waals surface area (Å²) in [7, 11) is 0. The summed E-state index contributed by atoms with van der Waals surface area (Å²) >= 11 is 0. The Hall–Kier alpha value is -2.90. The molecule has 0 bridgehead atoms. The van der Waals surface area contributed by atoms with Gasteiger partial charge in [0.15, 0.2) is 34.8 Å². The summed E-state index contributed by atoms with van der Waals surface area (Å²) in [6.07, 6.45) is 0. The van der Waals surface area contributed by atoms with Gasteiger partial charge in [-0.2, -0.15) is 0 Å². The van der Waals surface area contributed by atoms with E-state index in [-0.39, 0.29) is 11.4 Å². The number of nitrogens with two attached hydrogens (primary N) is 2. The molecule has 8 heteroatoms. The Balaban J connectivity index is 2.50. The van der Waals surface area contributed by atoms with E-state index >= 15 is 0 Å². The van der Waals surface area contributed by atoms with Gasteiger partial charge in [0.2, 0.25) is 0 Å². The molecule has 1 aliphatic rings. The monoisotopic (exact) mass is 310 g/mol. The summed E-state index contributed by atoms with van der Waals surface area (Å²) in [5.41, 5.74) is 7.42. The van der Waals surface area contributed by atoms with E-state index < -0.39 is 57.1 Å². The minimum absolute atomic E-state index is 0.210. The van der Waals surface area contributed by atoms with E-state index in [1.54, 1.807) is 0 Å². The molecule has 112 valence electrons. The summed E-state index contributed by atoms with van der Waals surface area (Å²) in [4.78, 5) is 24.6. The van der Waals surface area contributed by atoms with Crippen molar-refractivity contribution in [3.8, 4) is 0 Å². The largest absolute Gasteiger partial charge is 0.398 e. The predicted molar refractivity (Wildman–Crippen MR) is 68.4 cm³/mol. The second-order valence-electron chi connectivity index (χ2n) is 4.66. The van der Waals surface area contributed by atoms with E-state index in [2.05, 4.69) is 0 Å². The van der Waals surface area contributed by atoms with Crippen LogP contribution in [0.5, 0.6) is 0 Å². The zero-order valence-corrected chi connectivity index (χ0v) is 10.6. The second-order valence-corrected chi connectivity index (χ2v) is 4.66. The minimum Gasteiger partial charge on any atom is -0.398 e. The number of nitrogen functional groups attached to an aromatic ring is 2. The smallest absolute Gasteiger partial charge is 0.199 e. The average Bonchev–Trinajstić information content (AvgIpc) is 2.48. The Kier molecular flexibility index (Phi) is 2.74. The number of hydrogen-bond donors (Lipinski definition) is 2. The fourth-order valence-corrected chi connectivity index (χ4v) is 2.43. The molecule has 4 N–H and O–H groups in total. The molecule has 0 fully saturated rings. The van der Waals surface area contributed by atoms with Crippen LogP contribution in [0.4, 0.5) is 28.9 Å². The zero-order valence-electron chi connectivity index (χ0n) is 10.6. The molecule has 0 heterocycles. The van der Waals surface area contributed by atoms with Crippen molar-refractivity contribution in [1.29, 1.82) is 0 Å². The summed E-state index contributed by atoms with van der Waals surface area (Å²) < 4.78 is 54.3. The molecule has 0 saturated heterocycles. The molecule has 2 aromatic carbocycles. The molecule has 0 atom stereocenters. The highest BCUT2D eigenvalue weighted by Gasteiger charge is 2.40. The molecule has 0 saturated carbocycles. The Morgan fingerprint density at radius 2 is 0.909 bits per heavy atom. The van der Waals surface area contributed by atoms with Crippen molar-refractivity contribution in [3.05, 3.63) is 57.7 Å². The lowest BCUT2D eigenvalue weighted by molar-refractivity contribution is 0.0970. The Morgan fingerprint density at radius 1 is 0.591 bits per heavy atom. The number of carbonyl (C=O) groups is 2. The maximum Gasteiger partial charge on any atom is 0.199 e. The zero-order chi connectivity index (χ0) is 16.3. The SMILES string of the molecule is Nc1ccc(N)c2c1C(=O)c1c(F)c(F)c(F)c(F)c1C2=O. The number of benzene rings is 2. The van der Waals surface area contributed by atoms with Crippen molar-refractivity contribution >= 4 is 22.9 Å². The Labute approximate surface area is 120 Å². The first kappa shape index (κ1) is 14.1. The van der Waals surface area contributed by atoms with Gasteiger partial charge < -0.3 is 11.5 Å². The Bertz CT molecular complexity index is 821. The number of hydrogen-bond acceptors (Lipinski definition) is 4. The Morgan fingerprint density at radius 3 is 1.23 bits per heavy atom. The van der Waals surface area contributed by atoms with Crippen molar-refractivity contribution in [2.45, 2.75) is 0 Å². The normalized spacial score (nSPS) is 13.1. The number of ketones is 2. The van der Waals surface area contributed by atoms with Crippen LogP contribution in [0, 0.1) is 23.3 Å². The third-order valence-corrected chi connectivity index (χ3v) is 3.45. The van der Waals surface area contributed by atoms with Crippen molar-refractivity contribution in [3.63, 3.8) is 0 Å². The van der Waals surface area contributed by atoms with Crippen LogP contribution in [0.15, 0.2) is 12.1 Å². The molecule has 4 nitrogen and oxygen atoms in total. The summed E-state index contributed by atoms with van der Waals surface area (Å²) in [6.45, 7) is 0. The number of halogens is 4. The maximum atomic E-state index is 13.8. The van der Waals surface area contributed by atoms with Gasteiger partial charge in [-0.05, 0) is 12.1 Å². The maximum absolute atomic E-state index is 13.8. The molecule has 3 rings (SSSR count). The number of carbonyl (C=O) groups excluding carboxylic acids is 2. The topological polar surface area (TPSA) is 86.2 Å². The first-order valence-corrected chi connectivity index (χ1v) is 5.90. The molecule has 0 spiro atoms. The van der Waals surface area contributed by atoms with Gasteiger partial charge >= 0.3 is 0 Å². The standard InChI is InChI=1S/C14H6F4N2O2/c15-9-7-8(10(16)12(18)11(9)17)14(22)6-4(20)2-1-3(19)5(6)13(7)21/h1-2H,19-20H2. The van der Waals surface area contributed by atoms with Crippen LogP contribution in [0.2, 0.25) is 0 Å². The van der Waals surface area contributed by atoms with E-state index in [0.717, 1.165) is 0 Å². The number of rotatable bonds is 0. The molecule has 0 aliphatic heterocycles. The first-order valence-electron chi connectivity index (χ1n) is 5.90. The van der Waals surface area contributed by atoms with Gasteiger partial charge in [-0.25, -0.2) is 17.6 Å². The van der Waals surface area contributed by atoms with Crippen LogP contribution < -0.4 is 11.5 Å². The lowest BCUT2D eigenvalue weighted by Crippen LogP contribution is -2.27. The van der Waals surface area contributed by atoms with Gasteiger partial charge in [0.05, 0.1) is 22.3 Å². The van der Waals surface area contributed by atoms with Crippen molar-refractivity contribution in [2.24, 2.45) is 0 Å². The van der Waals surface area contributed by atoms with Crippen molar-refractivity contribution in [2.75, 3.05) is 11.5 Å². The van der Waals surface area contributed by atoms with Gasteiger partial charge in [-0.3, -0.25) is 9.59 Å². The van der Waals surface area contributed by atoms with E-state index in [4.69, 9.17) is 11.5 Å². The van der Waals surface area contributed by atoms with E-state index in [1.807, 2.05) is 0 Å². The average molecular weight is 310 g/mol. The van der Waals surface area contributed by atoms with Gasteiger partial charge in [0.25, 0.3) is 0 Å². The highest BCUT2D eigenvalue weighted by atomic mass is 19.2. The highest BCUT2D eigenvalue weighted by Crippen LogP contribution is 2.37. The first-order chi connectivity index (χ1) is 10.3. The van der Waals surface area contributed by atoms with Crippen LogP contribution in [0.3, 0.4) is 0 Å². The molecule has 0 aromatic heterocycles. The molecule has 2 aromatic rings.